The summed E-state index contributed by atoms with van der Waals surface area (Å²) in [7, 11) is 0. The first-order valence-electron chi connectivity index (χ1n) is 6.42. The van der Waals surface area contributed by atoms with Gasteiger partial charge in [-0.3, -0.25) is 0 Å². The molecule has 2 aliphatic rings. The molecular formula is C12H24N2. The number of hydrogen-bond donors (Lipinski definition) is 2. The summed E-state index contributed by atoms with van der Waals surface area (Å²) in [6, 6.07) is 1.79. The van der Waals surface area contributed by atoms with Crippen molar-refractivity contribution in [2.24, 2.45) is 0 Å². The number of rotatable bonds is 9. The van der Waals surface area contributed by atoms with Crippen LogP contribution in [0.15, 0.2) is 0 Å². The summed E-state index contributed by atoms with van der Waals surface area (Å²) in [4.78, 5) is 0. The summed E-state index contributed by atoms with van der Waals surface area (Å²) >= 11 is 0. The first-order valence-corrected chi connectivity index (χ1v) is 6.42. The van der Waals surface area contributed by atoms with E-state index in [0.717, 1.165) is 12.1 Å². The lowest BCUT2D eigenvalue weighted by Gasteiger charge is -2.03. The van der Waals surface area contributed by atoms with E-state index >= 15 is 0 Å². The number of hydrogen-bond acceptors (Lipinski definition) is 2. The van der Waals surface area contributed by atoms with Crippen molar-refractivity contribution < 1.29 is 0 Å². The second-order valence-corrected chi connectivity index (χ2v) is 4.87. The van der Waals surface area contributed by atoms with Gasteiger partial charge in [0.1, 0.15) is 0 Å². The van der Waals surface area contributed by atoms with Gasteiger partial charge in [0.05, 0.1) is 0 Å². The van der Waals surface area contributed by atoms with E-state index in [0.29, 0.717) is 0 Å². The van der Waals surface area contributed by atoms with Crippen LogP contribution in [-0.4, -0.2) is 25.2 Å². The molecule has 2 fully saturated rings. The molecule has 0 aromatic heterocycles. The van der Waals surface area contributed by atoms with Crippen LogP contribution >= 0.6 is 0 Å². The largest absolute Gasteiger partial charge is 0.314 e. The first-order chi connectivity index (χ1) is 6.95. The molecule has 0 aromatic rings. The summed E-state index contributed by atoms with van der Waals surface area (Å²) in [5, 5.41) is 7.12. The zero-order valence-electron chi connectivity index (χ0n) is 9.23. The third kappa shape index (κ3) is 4.97. The van der Waals surface area contributed by atoms with Crippen LogP contribution in [0.25, 0.3) is 0 Å². The Morgan fingerprint density at radius 2 is 1.07 bits per heavy atom. The lowest BCUT2D eigenvalue weighted by molar-refractivity contribution is 0.561. The van der Waals surface area contributed by atoms with Crippen molar-refractivity contribution >= 4 is 0 Å². The Bertz CT molecular complexity index is 132. The highest BCUT2D eigenvalue weighted by atomic mass is 14.9. The molecule has 0 saturated heterocycles. The van der Waals surface area contributed by atoms with Gasteiger partial charge in [0.2, 0.25) is 0 Å². The Hall–Kier alpha value is -0.0800. The van der Waals surface area contributed by atoms with Crippen molar-refractivity contribution in [3.63, 3.8) is 0 Å². The molecule has 0 radical (unpaired) electrons. The van der Waals surface area contributed by atoms with E-state index in [1.807, 2.05) is 0 Å². The molecule has 0 aromatic carbocycles. The normalized spacial score (nSPS) is 21.4. The van der Waals surface area contributed by atoms with Crippen LogP contribution in [0, 0.1) is 0 Å². The van der Waals surface area contributed by atoms with Crippen LogP contribution in [0.5, 0.6) is 0 Å². The quantitative estimate of drug-likeness (QED) is 0.552. The minimum atomic E-state index is 0.895. The fraction of sp³-hybridized carbons (Fsp3) is 1.00. The van der Waals surface area contributed by atoms with Crippen LogP contribution in [0.1, 0.15) is 51.4 Å². The Labute approximate surface area is 87.8 Å². The first kappa shape index (κ1) is 10.4. The van der Waals surface area contributed by atoms with Gasteiger partial charge >= 0.3 is 0 Å². The van der Waals surface area contributed by atoms with E-state index in [9.17, 15) is 0 Å². The maximum Gasteiger partial charge on any atom is 0.00682 e. The summed E-state index contributed by atoms with van der Waals surface area (Å²) < 4.78 is 0. The second kappa shape index (κ2) is 5.72. The van der Waals surface area contributed by atoms with E-state index in [1.54, 1.807) is 0 Å². The molecule has 82 valence electrons. The fourth-order valence-corrected chi connectivity index (χ4v) is 1.79. The van der Waals surface area contributed by atoms with Gasteiger partial charge in [-0.15, -0.1) is 0 Å². The lowest BCUT2D eigenvalue weighted by atomic mass is 10.2. The molecule has 0 atom stereocenters. The SMILES string of the molecule is C(CCCNC1CC1)CCNC1CC1. The molecule has 2 N–H and O–H groups in total. The smallest absolute Gasteiger partial charge is 0.00682 e. The third-order valence-electron chi connectivity index (χ3n) is 3.12. The molecule has 2 rings (SSSR count). The van der Waals surface area contributed by atoms with Gasteiger partial charge in [0.25, 0.3) is 0 Å². The average Bonchev–Trinajstić information content (AvgIpc) is 3.00. The van der Waals surface area contributed by atoms with E-state index in [1.165, 1.54) is 64.5 Å². The van der Waals surface area contributed by atoms with Gasteiger partial charge in [-0.1, -0.05) is 12.8 Å². The fourth-order valence-electron chi connectivity index (χ4n) is 1.79. The minimum absolute atomic E-state index is 0.895. The molecular weight excluding hydrogens is 172 g/mol. The van der Waals surface area contributed by atoms with Crippen LogP contribution in [0.2, 0.25) is 0 Å². The van der Waals surface area contributed by atoms with E-state index < -0.39 is 0 Å². The highest BCUT2D eigenvalue weighted by molar-refractivity contribution is 4.81. The predicted molar refractivity (Wildman–Crippen MR) is 60.5 cm³/mol. The standard InChI is InChI=1S/C12H24N2/c1(3-9-13-11-5-6-11)2-4-10-14-12-7-8-12/h11-14H,1-10H2. The van der Waals surface area contributed by atoms with Crippen LogP contribution < -0.4 is 10.6 Å². The molecule has 0 amide bonds. The van der Waals surface area contributed by atoms with Gasteiger partial charge in [0, 0.05) is 12.1 Å². The zero-order valence-corrected chi connectivity index (χ0v) is 9.23. The van der Waals surface area contributed by atoms with Crippen LogP contribution in [0.4, 0.5) is 0 Å². The summed E-state index contributed by atoms with van der Waals surface area (Å²) in [5.74, 6) is 0. The highest BCUT2D eigenvalue weighted by Gasteiger charge is 2.20. The topological polar surface area (TPSA) is 24.1 Å². The Morgan fingerprint density at radius 3 is 1.43 bits per heavy atom. The van der Waals surface area contributed by atoms with Crippen molar-refractivity contribution in [3.8, 4) is 0 Å². The van der Waals surface area contributed by atoms with Crippen LogP contribution in [-0.2, 0) is 0 Å². The van der Waals surface area contributed by atoms with Gasteiger partial charge in [-0.05, 0) is 51.6 Å². The Balaban J connectivity index is 1.25. The summed E-state index contributed by atoms with van der Waals surface area (Å²) in [6.45, 7) is 2.50. The molecule has 0 spiro atoms. The van der Waals surface area contributed by atoms with E-state index in [-0.39, 0.29) is 0 Å². The van der Waals surface area contributed by atoms with Gasteiger partial charge < -0.3 is 10.6 Å². The maximum atomic E-state index is 3.56. The number of unbranched alkanes of at least 4 members (excludes halogenated alkanes) is 3. The van der Waals surface area contributed by atoms with Crippen molar-refractivity contribution in [3.05, 3.63) is 0 Å². The third-order valence-corrected chi connectivity index (χ3v) is 3.12. The van der Waals surface area contributed by atoms with Crippen molar-refractivity contribution in [2.45, 2.75) is 63.5 Å². The van der Waals surface area contributed by atoms with Crippen molar-refractivity contribution in [1.82, 2.24) is 10.6 Å². The highest BCUT2D eigenvalue weighted by Crippen LogP contribution is 2.19. The number of nitrogens with one attached hydrogen (secondary N) is 2. The molecule has 14 heavy (non-hydrogen) atoms. The van der Waals surface area contributed by atoms with Gasteiger partial charge in [-0.25, -0.2) is 0 Å². The molecule has 2 aliphatic carbocycles. The Kier molecular flexibility index (Phi) is 4.26. The Morgan fingerprint density at radius 1 is 0.643 bits per heavy atom. The predicted octanol–water partition coefficient (Wildman–Crippen LogP) is 2.05. The van der Waals surface area contributed by atoms with Gasteiger partial charge in [-0.2, -0.15) is 0 Å². The zero-order chi connectivity index (χ0) is 9.64. The molecule has 0 aliphatic heterocycles. The molecule has 0 heterocycles. The molecule has 0 unspecified atom stereocenters. The average molecular weight is 196 g/mol. The van der Waals surface area contributed by atoms with E-state index in [2.05, 4.69) is 10.6 Å². The van der Waals surface area contributed by atoms with Gasteiger partial charge in [0.15, 0.2) is 0 Å². The van der Waals surface area contributed by atoms with Crippen molar-refractivity contribution in [2.75, 3.05) is 13.1 Å². The maximum absolute atomic E-state index is 3.56. The van der Waals surface area contributed by atoms with Crippen molar-refractivity contribution in [1.29, 1.82) is 0 Å². The van der Waals surface area contributed by atoms with E-state index in [4.69, 9.17) is 0 Å². The minimum Gasteiger partial charge on any atom is -0.314 e. The monoisotopic (exact) mass is 196 g/mol. The molecule has 2 saturated carbocycles. The van der Waals surface area contributed by atoms with Crippen LogP contribution in [0.3, 0.4) is 0 Å². The molecule has 0 bridgehead atoms. The summed E-state index contributed by atoms with van der Waals surface area (Å²) in [5.41, 5.74) is 0. The molecule has 2 heteroatoms. The lowest BCUT2D eigenvalue weighted by Crippen LogP contribution is -2.18. The summed E-state index contributed by atoms with van der Waals surface area (Å²) in [6.07, 6.45) is 11.3. The molecule has 2 nitrogen and oxygen atoms in total. The second-order valence-electron chi connectivity index (χ2n) is 4.87.